The van der Waals surface area contributed by atoms with Crippen molar-refractivity contribution in [2.45, 2.75) is 20.4 Å². The quantitative estimate of drug-likeness (QED) is 0.932. The molecular weight excluding hydrogens is 306 g/mol. The third-order valence-electron chi connectivity index (χ3n) is 3.24. The molecule has 0 aliphatic rings. The average Bonchev–Trinajstić information content (AvgIpc) is 2.49. The summed E-state index contributed by atoms with van der Waals surface area (Å²) in [4.78, 5) is 24.0. The topological polar surface area (TPSA) is 87.8 Å². The lowest BCUT2D eigenvalue weighted by Crippen LogP contribution is -2.32. The Morgan fingerprint density at radius 1 is 1.39 bits per heavy atom. The number of rotatable bonds is 3. The molecule has 0 unspecified atom stereocenters. The number of anilines is 1. The van der Waals surface area contributed by atoms with E-state index in [1.54, 1.807) is 19.9 Å². The van der Waals surface area contributed by atoms with Gasteiger partial charge in [-0.3, -0.25) is 9.59 Å². The maximum atomic E-state index is 13.5. The highest BCUT2D eigenvalue weighted by Gasteiger charge is 2.15. The lowest BCUT2D eigenvalue weighted by molar-refractivity contribution is -0.117. The third kappa shape index (κ3) is 3.40. The summed E-state index contributed by atoms with van der Waals surface area (Å²) in [5.41, 5.74) is -0.309. The van der Waals surface area contributed by atoms with E-state index in [4.69, 9.17) is 5.26 Å². The van der Waals surface area contributed by atoms with Crippen molar-refractivity contribution in [3.63, 3.8) is 0 Å². The zero-order valence-corrected chi connectivity index (χ0v) is 12.4. The smallest absolute Gasteiger partial charge is 0.285 e. The molecule has 6 nitrogen and oxygen atoms in total. The lowest BCUT2D eigenvalue weighted by Gasteiger charge is -2.10. The van der Waals surface area contributed by atoms with Crippen LogP contribution in [0.4, 0.5) is 14.5 Å². The Bertz CT molecular complexity index is 884. The Morgan fingerprint density at radius 3 is 2.74 bits per heavy atom. The van der Waals surface area contributed by atoms with Crippen molar-refractivity contribution in [3.8, 4) is 6.07 Å². The number of carbonyl (C=O) groups is 1. The predicted octanol–water partition coefficient (Wildman–Crippen LogP) is 1.65. The van der Waals surface area contributed by atoms with E-state index < -0.39 is 29.6 Å². The van der Waals surface area contributed by atoms with E-state index in [0.29, 0.717) is 11.3 Å². The summed E-state index contributed by atoms with van der Waals surface area (Å²) >= 11 is 0. The van der Waals surface area contributed by atoms with Crippen LogP contribution in [0.15, 0.2) is 23.0 Å². The van der Waals surface area contributed by atoms with E-state index >= 15 is 0 Å². The predicted molar refractivity (Wildman–Crippen MR) is 77.7 cm³/mol. The molecule has 0 aliphatic carbocycles. The molecule has 1 N–H and O–H groups in total. The van der Waals surface area contributed by atoms with Crippen LogP contribution < -0.4 is 10.9 Å². The SMILES string of the molecule is Cc1nn(CC(=O)Nc2cc(F)ccc2F)c(=O)c(C#N)c1C. The molecule has 23 heavy (non-hydrogen) atoms. The fraction of sp³-hybridized carbons (Fsp3) is 0.200. The number of nitriles is 1. The Labute approximate surface area is 130 Å². The van der Waals surface area contributed by atoms with Crippen molar-refractivity contribution in [1.82, 2.24) is 9.78 Å². The number of carbonyl (C=O) groups excluding carboxylic acids is 1. The van der Waals surface area contributed by atoms with Crippen molar-refractivity contribution >= 4 is 11.6 Å². The van der Waals surface area contributed by atoms with Crippen LogP contribution in [0.25, 0.3) is 0 Å². The second kappa shape index (κ2) is 6.36. The molecule has 0 aliphatic heterocycles. The van der Waals surface area contributed by atoms with Gasteiger partial charge in [-0.05, 0) is 31.5 Å². The summed E-state index contributed by atoms with van der Waals surface area (Å²) in [6.45, 7) is 2.65. The van der Waals surface area contributed by atoms with Gasteiger partial charge in [0.1, 0.15) is 29.8 Å². The van der Waals surface area contributed by atoms with Gasteiger partial charge in [-0.2, -0.15) is 10.4 Å². The number of amides is 1. The number of hydrogen-bond acceptors (Lipinski definition) is 4. The van der Waals surface area contributed by atoms with Crippen molar-refractivity contribution in [2.24, 2.45) is 0 Å². The first-order chi connectivity index (χ1) is 10.8. The maximum Gasteiger partial charge on any atom is 0.285 e. The molecule has 1 heterocycles. The summed E-state index contributed by atoms with van der Waals surface area (Å²) in [6.07, 6.45) is 0. The fourth-order valence-corrected chi connectivity index (χ4v) is 1.93. The van der Waals surface area contributed by atoms with Gasteiger partial charge in [-0.15, -0.1) is 0 Å². The van der Waals surface area contributed by atoms with Crippen LogP contribution in [0.1, 0.15) is 16.8 Å². The number of nitrogens with one attached hydrogen (secondary N) is 1. The maximum absolute atomic E-state index is 13.5. The molecule has 0 spiro atoms. The Hall–Kier alpha value is -3.08. The molecule has 1 amide bonds. The van der Waals surface area contributed by atoms with Gasteiger partial charge < -0.3 is 5.32 Å². The average molecular weight is 318 g/mol. The number of aryl methyl sites for hydroxylation is 1. The van der Waals surface area contributed by atoms with Crippen molar-refractivity contribution in [3.05, 3.63) is 57.0 Å². The van der Waals surface area contributed by atoms with E-state index in [1.807, 2.05) is 0 Å². The first-order valence-corrected chi connectivity index (χ1v) is 6.56. The van der Waals surface area contributed by atoms with Crippen molar-refractivity contribution in [2.75, 3.05) is 5.32 Å². The molecule has 0 saturated carbocycles. The molecule has 0 radical (unpaired) electrons. The van der Waals surface area contributed by atoms with E-state index in [9.17, 15) is 18.4 Å². The van der Waals surface area contributed by atoms with Gasteiger partial charge in [-0.1, -0.05) is 0 Å². The highest BCUT2D eigenvalue weighted by atomic mass is 19.1. The Kier molecular flexibility index (Phi) is 4.50. The first-order valence-electron chi connectivity index (χ1n) is 6.56. The number of nitrogens with zero attached hydrogens (tertiary/aromatic N) is 3. The van der Waals surface area contributed by atoms with E-state index in [2.05, 4.69) is 10.4 Å². The zero-order chi connectivity index (χ0) is 17.1. The number of benzene rings is 1. The zero-order valence-electron chi connectivity index (χ0n) is 12.4. The van der Waals surface area contributed by atoms with Gasteiger partial charge in [0.15, 0.2) is 0 Å². The van der Waals surface area contributed by atoms with E-state index in [1.165, 1.54) is 0 Å². The van der Waals surface area contributed by atoms with Crippen LogP contribution in [-0.4, -0.2) is 15.7 Å². The van der Waals surface area contributed by atoms with Crippen LogP contribution in [0.3, 0.4) is 0 Å². The molecule has 2 rings (SSSR count). The van der Waals surface area contributed by atoms with Crippen molar-refractivity contribution in [1.29, 1.82) is 5.26 Å². The molecule has 0 bridgehead atoms. The van der Waals surface area contributed by atoms with Crippen LogP contribution in [-0.2, 0) is 11.3 Å². The minimum Gasteiger partial charge on any atom is -0.322 e. The molecular formula is C15H12F2N4O2. The minimum absolute atomic E-state index is 0.109. The molecule has 1 aromatic carbocycles. The minimum atomic E-state index is -0.808. The van der Waals surface area contributed by atoms with E-state index in [0.717, 1.165) is 22.9 Å². The van der Waals surface area contributed by atoms with Crippen molar-refractivity contribution < 1.29 is 13.6 Å². The van der Waals surface area contributed by atoms with Gasteiger partial charge in [0.25, 0.3) is 5.56 Å². The molecule has 8 heteroatoms. The Balaban J connectivity index is 2.28. The molecule has 118 valence electrons. The largest absolute Gasteiger partial charge is 0.322 e. The monoisotopic (exact) mass is 318 g/mol. The van der Waals surface area contributed by atoms with Gasteiger partial charge in [0.05, 0.1) is 11.4 Å². The van der Waals surface area contributed by atoms with Gasteiger partial charge in [0, 0.05) is 6.07 Å². The second-order valence-corrected chi connectivity index (χ2v) is 4.83. The highest BCUT2D eigenvalue weighted by Crippen LogP contribution is 2.15. The van der Waals surface area contributed by atoms with Crippen LogP contribution in [0, 0.1) is 36.8 Å². The number of hydrogen-bond donors (Lipinski definition) is 1. The second-order valence-electron chi connectivity index (χ2n) is 4.83. The molecule has 0 atom stereocenters. The Morgan fingerprint density at radius 2 is 2.09 bits per heavy atom. The van der Waals surface area contributed by atoms with E-state index in [-0.39, 0.29) is 11.3 Å². The highest BCUT2D eigenvalue weighted by molar-refractivity contribution is 5.90. The van der Waals surface area contributed by atoms with Crippen LogP contribution in [0.5, 0.6) is 0 Å². The number of halogens is 2. The first kappa shape index (κ1) is 16.3. The van der Waals surface area contributed by atoms with Crippen LogP contribution in [0.2, 0.25) is 0 Å². The lowest BCUT2D eigenvalue weighted by atomic mass is 10.1. The summed E-state index contributed by atoms with van der Waals surface area (Å²) < 4.78 is 27.4. The van der Waals surface area contributed by atoms with Crippen LogP contribution >= 0.6 is 0 Å². The summed E-state index contributed by atoms with van der Waals surface area (Å²) in [5, 5.41) is 15.1. The fourth-order valence-electron chi connectivity index (χ4n) is 1.93. The standard InChI is InChI=1S/C15H12F2N4O2/c1-8-9(2)20-21(15(23)11(8)6-18)7-14(22)19-13-5-10(16)3-4-12(13)17/h3-5H,7H2,1-2H3,(H,19,22). The normalized spacial score (nSPS) is 10.2. The van der Waals surface area contributed by atoms with Gasteiger partial charge >= 0.3 is 0 Å². The molecule has 0 saturated heterocycles. The summed E-state index contributed by atoms with van der Waals surface area (Å²) in [5.74, 6) is -2.29. The molecule has 0 fully saturated rings. The molecule has 1 aromatic heterocycles. The summed E-state index contributed by atoms with van der Waals surface area (Å²) in [7, 11) is 0. The van der Waals surface area contributed by atoms with Gasteiger partial charge in [-0.25, -0.2) is 13.5 Å². The van der Waals surface area contributed by atoms with Gasteiger partial charge in [0.2, 0.25) is 5.91 Å². The summed E-state index contributed by atoms with van der Waals surface area (Å²) in [6, 6.07) is 4.38. The third-order valence-corrected chi connectivity index (χ3v) is 3.24. The molecule has 2 aromatic rings. The number of aromatic nitrogens is 2.